The van der Waals surface area contributed by atoms with Crippen LogP contribution in [0.5, 0.6) is 0 Å². The van der Waals surface area contributed by atoms with E-state index in [1.54, 1.807) is 0 Å². The molecular weight excluding hydrogens is 271 g/mol. The van der Waals surface area contributed by atoms with Crippen LogP contribution in [0.25, 0.3) is 0 Å². The monoisotopic (exact) mass is 307 g/mol. The summed E-state index contributed by atoms with van der Waals surface area (Å²) in [5, 5.41) is 0. The fraction of sp³-hybridized carbons (Fsp3) is 0.600. The third kappa shape index (κ3) is 4.68. The van der Waals surface area contributed by atoms with Gasteiger partial charge < -0.3 is 0 Å². The molecule has 1 heteroatoms. The van der Waals surface area contributed by atoms with Gasteiger partial charge in [-0.3, -0.25) is 0 Å². The SMILES string of the molecule is C=CCC(C)[P+](C(C)CC=C)(C(C)CC=C)C(C)CC=C. The predicted octanol–water partition coefficient (Wildman–Crippen LogP) is 6.86. The van der Waals surface area contributed by atoms with E-state index in [9.17, 15) is 0 Å². The van der Waals surface area contributed by atoms with Crippen LogP contribution in [0, 0.1) is 0 Å². The molecule has 0 aliphatic carbocycles. The van der Waals surface area contributed by atoms with Crippen molar-refractivity contribution in [3.8, 4) is 0 Å². The molecule has 0 spiro atoms. The van der Waals surface area contributed by atoms with E-state index in [1.165, 1.54) is 0 Å². The van der Waals surface area contributed by atoms with Crippen LogP contribution in [0.3, 0.4) is 0 Å². The Hall–Kier alpha value is -0.610. The molecule has 0 aromatic carbocycles. The molecule has 0 rings (SSSR count). The molecule has 21 heavy (non-hydrogen) atoms. The second-order valence-corrected chi connectivity index (χ2v) is 11.7. The van der Waals surface area contributed by atoms with Gasteiger partial charge in [-0.1, -0.05) is 24.3 Å². The molecule has 4 atom stereocenters. The second kappa shape index (κ2) is 10.2. The van der Waals surface area contributed by atoms with Crippen molar-refractivity contribution in [3.05, 3.63) is 50.6 Å². The van der Waals surface area contributed by atoms with E-state index in [4.69, 9.17) is 0 Å². The van der Waals surface area contributed by atoms with Gasteiger partial charge in [-0.2, -0.15) is 0 Å². The molecule has 0 amide bonds. The Bertz CT molecular complexity index is 272. The molecule has 0 bridgehead atoms. The normalized spacial score (nSPS) is 19.6. The predicted molar refractivity (Wildman–Crippen MR) is 104 cm³/mol. The lowest BCUT2D eigenvalue weighted by molar-refractivity contribution is 0.766. The van der Waals surface area contributed by atoms with Gasteiger partial charge in [0.2, 0.25) is 0 Å². The molecule has 120 valence electrons. The van der Waals surface area contributed by atoms with Gasteiger partial charge in [0.25, 0.3) is 0 Å². The van der Waals surface area contributed by atoms with Gasteiger partial charge in [-0.25, -0.2) is 0 Å². The van der Waals surface area contributed by atoms with Gasteiger partial charge in [0.1, 0.15) is 0 Å². The molecule has 0 N–H and O–H groups in total. The lowest BCUT2D eigenvalue weighted by Gasteiger charge is -2.45. The van der Waals surface area contributed by atoms with Crippen LogP contribution < -0.4 is 0 Å². The third-order valence-corrected chi connectivity index (χ3v) is 12.0. The van der Waals surface area contributed by atoms with Crippen LogP contribution in [0.4, 0.5) is 0 Å². The average molecular weight is 307 g/mol. The summed E-state index contributed by atoms with van der Waals surface area (Å²) < 4.78 is 0. The first-order valence-electron chi connectivity index (χ1n) is 8.24. The van der Waals surface area contributed by atoms with Crippen molar-refractivity contribution in [1.29, 1.82) is 0 Å². The zero-order chi connectivity index (χ0) is 16.5. The Balaban J connectivity index is 5.88. The Kier molecular flexibility index (Phi) is 9.88. The molecule has 0 fully saturated rings. The van der Waals surface area contributed by atoms with E-state index < -0.39 is 7.26 Å². The maximum atomic E-state index is 3.99. The van der Waals surface area contributed by atoms with Gasteiger partial charge in [0, 0.05) is 32.9 Å². The van der Waals surface area contributed by atoms with Gasteiger partial charge in [-0.05, 0) is 27.7 Å². The van der Waals surface area contributed by atoms with Crippen molar-refractivity contribution in [2.45, 2.75) is 76.0 Å². The van der Waals surface area contributed by atoms with Crippen LogP contribution in [0.15, 0.2) is 50.6 Å². The maximum Gasteiger partial charge on any atom is 0.0711 e. The van der Waals surface area contributed by atoms with Crippen molar-refractivity contribution in [3.63, 3.8) is 0 Å². The van der Waals surface area contributed by atoms with E-state index in [2.05, 4.69) is 78.3 Å². The van der Waals surface area contributed by atoms with E-state index >= 15 is 0 Å². The standard InChI is InChI=1S/C20H36P/c1-9-13-17(5)21(18(6)14-10-2,19(7)15-11-3)20(8)16-12-4/h9-12,17-20H,1-4,13-16H2,5-8H3/q+1. The zero-order valence-corrected chi connectivity index (χ0v) is 15.6. The smallest absolute Gasteiger partial charge is 0.0711 e. The molecule has 0 saturated heterocycles. The molecule has 0 heterocycles. The topological polar surface area (TPSA) is 0 Å². The maximum absolute atomic E-state index is 3.99. The highest BCUT2D eigenvalue weighted by Gasteiger charge is 2.54. The van der Waals surface area contributed by atoms with Crippen LogP contribution >= 0.6 is 7.26 Å². The minimum atomic E-state index is -1.21. The van der Waals surface area contributed by atoms with Gasteiger partial charge in [0.15, 0.2) is 0 Å². The minimum Gasteiger partial charge on any atom is -0.103 e. The zero-order valence-electron chi connectivity index (χ0n) is 14.7. The highest BCUT2D eigenvalue weighted by molar-refractivity contribution is 7.78. The molecule has 0 aliphatic rings. The van der Waals surface area contributed by atoms with Crippen LogP contribution in [-0.2, 0) is 0 Å². The quantitative estimate of drug-likeness (QED) is 0.273. The summed E-state index contributed by atoms with van der Waals surface area (Å²) in [7, 11) is -1.21. The van der Waals surface area contributed by atoms with E-state index in [0.29, 0.717) is 22.6 Å². The fourth-order valence-corrected chi connectivity index (χ4v) is 11.6. The number of allylic oxidation sites excluding steroid dienone is 4. The van der Waals surface area contributed by atoms with E-state index in [1.807, 2.05) is 0 Å². The second-order valence-electron chi connectivity index (χ2n) is 6.39. The number of hydrogen-bond donors (Lipinski definition) is 0. The van der Waals surface area contributed by atoms with Crippen molar-refractivity contribution in [2.24, 2.45) is 0 Å². The first-order chi connectivity index (χ1) is 9.93. The first-order valence-corrected chi connectivity index (χ1v) is 10.3. The number of hydrogen-bond acceptors (Lipinski definition) is 0. The minimum absolute atomic E-state index is 0.704. The lowest BCUT2D eigenvalue weighted by atomic mass is 10.3. The van der Waals surface area contributed by atoms with Crippen LogP contribution in [0.1, 0.15) is 53.4 Å². The molecule has 0 radical (unpaired) electrons. The Morgan fingerprint density at radius 2 is 0.762 bits per heavy atom. The molecule has 4 unspecified atom stereocenters. The van der Waals surface area contributed by atoms with Crippen LogP contribution in [-0.4, -0.2) is 22.6 Å². The first kappa shape index (κ1) is 20.4. The Morgan fingerprint density at radius 3 is 0.905 bits per heavy atom. The molecule has 0 aliphatic heterocycles. The average Bonchev–Trinajstić information content (AvgIpc) is 2.40. The van der Waals surface area contributed by atoms with E-state index in [-0.39, 0.29) is 0 Å². The summed E-state index contributed by atoms with van der Waals surface area (Å²) >= 11 is 0. The summed E-state index contributed by atoms with van der Waals surface area (Å²) in [5.74, 6) is 0. The molecule has 0 nitrogen and oxygen atoms in total. The van der Waals surface area contributed by atoms with E-state index in [0.717, 1.165) is 25.7 Å². The summed E-state index contributed by atoms with van der Waals surface area (Å²) in [6.45, 7) is 25.7. The van der Waals surface area contributed by atoms with Crippen LogP contribution in [0.2, 0.25) is 0 Å². The van der Waals surface area contributed by atoms with Crippen molar-refractivity contribution in [1.82, 2.24) is 0 Å². The fourth-order valence-electron chi connectivity index (χ4n) is 4.30. The highest BCUT2D eigenvalue weighted by Crippen LogP contribution is 2.76. The molecular formula is C20H36P+. The summed E-state index contributed by atoms with van der Waals surface area (Å²) in [4.78, 5) is 0. The Morgan fingerprint density at radius 1 is 0.571 bits per heavy atom. The third-order valence-electron chi connectivity index (χ3n) is 5.08. The molecule has 0 saturated carbocycles. The summed E-state index contributed by atoms with van der Waals surface area (Å²) in [6, 6.07) is 0. The Labute approximate surface area is 134 Å². The van der Waals surface area contributed by atoms with Gasteiger partial charge in [0.05, 0.1) is 22.6 Å². The lowest BCUT2D eigenvalue weighted by Crippen LogP contribution is -2.34. The largest absolute Gasteiger partial charge is 0.103 e. The van der Waals surface area contributed by atoms with Crippen molar-refractivity contribution in [2.75, 3.05) is 0 Å². The van der Waals surface area contributed by atoms with Crippen molar-refractivity contribution >= 4 is 7.26 Å². The van der Waals surface area contributed by atoms with Gasteiger partial charge >= 0.3 is 0 Å². The summed E-state index contributed by atoms with van der Waals surface area (Å²) in [6.07, 6.45) is 12.8. The van der Waals surface area contributed by atoms with Gasteiger partial charge in [-0.15, -0.1) is 26.3 Å². The highest BCUT2D eigenvalue weighted by atomic mass is 31.2. The summed E-state index contributed by atoms with van der Waals surface area (Å²) in [5.41, 5.74) is 2.81. The molecule has 0 aromatic rings. The molecule has 0 aromatic heterocycles. The number of rotatable bonds is 12. The van der Waals surface area contributed by atoms with Crippen molar-refractivity contribution < 1.29 is 0 Å².